The van der Waals surface area contributed by atoms with Gasteiger partial charge in [-0.3, -0.25) is 14.5 Å². The Morgan fingerprint density at radius 3 is 2.31 bits per heavy atom. The van der Waals surface area contributed by atoms with E-state index in [1.165, 1.54) is 19.2 Å². The number of Topliss-reactive ketones (excluding diaryl/α,β-unsaturated/α-hetero) is 1. The maximum Gasteiger partial charge on any atom is 0.573 e. The Bertz CT molecular complexity index is 1330. The topological polar surface area (TPSA) is 89.2 Å². The Hall–Kier alpha value is -4.28. The van der Waals surface area contributed by atoms with E-state index >= 15 is 0 Å². The number of carbonyl (C=O) groups is 2. The molecule has 4 rings (SSSR count). The maximum atomic E-state index is 14.0. The van der Waals surface area contributed by atoms with Crippen molar-refractivity contribution < 1.29 is 46.1 Å². The van der Waals surface area contributed by atoms with Crippen molar-refractivity contribution in [3.63, 3.8) is 0 Å². The molecule has 0 spiro atoms. The summed E-state index contributed by atoms with van der Waals surface area (Å²) in [4.78, 5) is 27.1. The third-order valence-electron chi connectivity index (χ3n) is 5.24. The number of benzene rings is 2. The smallest absolute Gasteiger partial charge is 0.507 e. The van der Waals surface area contributed by atoms with Crippen molar-refractivity contribution in [1.82, 2.24) is 0 Å². The first-order valence-corrected chi connectivity index (χ1v) is 10.1. The largest absolute Gasteiger partial charge is 0.573 e. The molecule has 7 nitrogen and oxygen atoms in total. The van der Waals surface area contributed by atoms with E-state index in [0.29, 0.717) is 5.76 Å². The molecular formula is C24H17F4NO6. The van der Waals surface area contributed by atoms with Gasteiger partial charge in [0.25, 0.3) is 11.7 Å². The highest BCUT2D eigenvalue weighted by Gasteiger charge is 2.48. The number of hydrogen-bond donors (Lipinski definition) is 1. The summed E-state index contributed by atoms with van der Waals surface area (Å²) < 4.78 is 66.2. The van der Waals surface area contributed by atoms with Gasteiger partial charge in [0, 0.05) is 5.69 Å². The van der Waals surface area contributed by atoms with Gasteiger partial charge in [0.2, 0.25) is 0 Å². The number of ether oxygens (including phenoxy) is 2. The molecule has 1 atom stereocenters. The Balaban J connectivity index is 1.88. The number of aliphatic hydroxyl groups is 1. The summed E-state index contributed by atoms with van der Waals surface area (Å²) in [6, 6.07) is 9.27. The zero-order chi connectivity index (χ0) is 25.5. The molecule has 2 heterocycles. The molecule has 0 aliphatic carbocycles. The van der Waals surface area contributed by atoms with Crippen LogP contribution in [-0.4, -0.2) is 30.3 Å². The summed E-state index contributed by atoms with van der Waals surface area (Å²) in [5.74, 6) is -3.60. The predicted octanol–water partition coefficient (Wildman–Crippen LogP) is 5.26. The van der Waals surface area contributed by atoms with Gasteiger partial charge in [-0.15, -0.1) is 13.2 Å². The van der Waals surface area contributed by atoms with Crippen molar-refractivity contribution in [2.75, 3.05) is 12.0 Å². The van der Waals surface area contributed by atoms with Gasteiger partial charge >= 0.3 is 6.36 Å². The summed E-state index contributed by atoms with van der Waals surface area (Å²) in [7, 11) is 1.28. The number of carbonyl (C=O) groups excluding carboxylic acids is 2. The second kappa shape index (κ2) is 8.82. The van der Waals surface area contributed by atoms with E-state index in [2.05, 4.69) is 4.74 Å². The minimum absolute atomic E-state index is 0.0333. The average Bonchev–Trinajstić information content (AvgIpc) is 3.33. The minimum Gasteiger partial charge on any atom is -0.507 e. The third kappa shape index (κ3) is 4.57. The van der Waals surface area contributed by atoms with Crippen LogP contribution in [-0.2, 0) is 9.59 Å². The fraction of sp³-hybridized carbons (Fsp3) is 0.167. The molecule has 35 heavy (non-hydrogen) atoms. The highest BCUT2D eigenvalue weighted by Crippen LogP contribution is 2.44. The lowest BCUT2D eigenvalue weighted by atomic mass is 9.98. The number of hydrogen-bond acceptors (Lipinski definition) is 6. The number of furan rings is 1. The Kier molecular flexibility index (Phi) is 6.01. The first-order valence-electron chi connectivity index (χ1n) is 10.1. The lowest BCUT2D eigenvalue weighted by molar-refractivity contribution is -0.274. The molecule has 1 aromatic heterocycles. The van der Waals surface area contributed by atoms with E-state index < -0.39 is 47.0 Å². The van der Waals surface area contributed by atoms with Gasteiger partial charge in [-0.25, -0.2) is 4.39 Å². The van der Waals surface area contributed by atoms with Gasteiger partial charge in [-0.05, 0) is 61.5 Å². The first-order chi connectivity index (χ1) is 16.5. The number of nitrogens with zero attached hydrogens (tertiary/aromatic N) is 1. The van der Waals surface area contributed by atoms with Gasteiger partial charge in [-0.1, -0.05) is 0 Å². The van der Waals surface area contributed by atoms with E-state index in [9.17, 15) is 32.3 Å². The van der Waals surface area contributed by atoms with Gasteiger partial charge < -0.3 is 19.0 Å². The van der Waals surface area contributed by atoms with Gasteiger partial charge in [-0.2, -0.15) is 0 Å². The van der Waals surface area contributed by atoms with Crippen LogP contribution in [0.3, 0.4) is 0 Å². The Labute approximate surface area is 195 Å². The van der Waals surface area contributed by atoms with E-state index in [1.54, 1.807) is 13.0 Å². The lowest BCUT2D eigenvalue weighted by Gasteiger charge is -2.24. The molecule has 1 fully saturated rings. The quantitative estimate of drug-likeness (QED) is 0.227. The molecule has 1 aliphatic heterocycles. The van der Waals surface area contributed by atoms with E-state index in [-0.39, 0.29) is 22.8 Å². The fourth-order valence-corrected chi connectivity index (χ4v) is 3.79. The highest BCUT2D eigenvalue weighted by molar-refractivity contribution is 6.51. The summed E-state index contributed by atoms with van der Waals surface area (Å²) >= 11 is 0. The molecular weight excluding hydrogens is 474 g/mol. The summed E-state index contributed by atoms with van der Waals surface area (Å²) in [6.45, 7) is 1.62. The second-order valence-corrected chi connectivity index (χ2v) is 7.50. The average molecular weight is 491 g/mol. The van der Waals surface area contributed by atoms with Crippen LogP contribution in [0.4, 0.5) is 23.2 Å². The van der Waals surface area contributed by atoms with Crippen molar-refractivity contribution in [2.24, 2.45) is 0 Å². The molecule has 1 amide bonds. The monoisotopic (exact) mass is 491 g/mol. The molecule has 3 aromatic rings. The van der Waals surface area contributed by atoms with Crippen molar-refractivity contribution >= 4 is 23.1 Å². The van der Waals surface area contributed by atoms with E-state index in [1.807, 2.05) is 0 Å². The molecule has 1 N–H and O–H groups in total. The minimum atomic E-state index is -4.92. The normalized spacial score (nSPS) is 17.7. The van der Waals surface area contributed by atoms with Crippen molar-refractivity contribution in [3.8, 4) is 11.5 Å². The number of amides is 1. The SMILES string of the molecule is COc1ccc(F)cc1/C(O)=C1\C(=O)C(=O)N(c2ccc(OC(F)(F)F)cc2)C1c1ccc(C)o1. The number of methoxy groups -OCH3 is 1. The van der Waals surface area contributed by atoms with Gasteiger partial charge in [0.15, 0.2) is 0 Å². The summed E-state index contributed by atoms with van der Waals surface area (Å²) in [6.07, 6.45) is -4.92. The van der Waals surface area contributed by atoms with Crippen LogP contribution in [0.15, 0.2) is 64.6 Å². The fourth-order valence-electron chi connectivity index (χ4n) is 3.79. The number of rotatable bonds is 5. The maximum absolute atomic E-state index is 14.0. The number of halogens is 4. The number of alkyl halides is 3. The lowest BCUT2D eigenvalue weighted by Crippen LogP contribution is -2.29. The number of ketones is 1. The molecule has 1 unspecified atom stereocenters. The molecule has 0 bridgehead atoms. The predicted molar refractivity (Wildman–Crippen MR) is 114 cm³/mol. The van der Waals surface area contributed by atoms with Gasteiger partial charge in [0.05, 0.1) is 18.2 Å². The highest BCUT2D eigenvalue weighted by atomic mass is 19.4. The van der Waals surface area contributed by atoms with Crippen LogP contribution in [0.5, 0.6) is 11.5 Å². The number of anilines is 1. The molecule has 11 heteroatoms. The van der Waals surface area contributed by atoms with Crippen LogP contribution in [0.2, 0.25) is 0 Å². The summed E-state index contributed by atoms with van der Waals surface area (Å²) in [5.41, 5.74) is -0.553. The van der Waals surface area contributed by atoms with Crippen molar-refractivity contribution in [2.45, 2.75) is 19.3 Å². The van der Waals surface area contributed by atoms with Crippen LogP contribution in [0.25, 0.3) is 5.76 Å². The molecule has 1 saturated heterocycles. The number of aliphatic hydroxyl groups excluding tert-OH is 1. The molecule has 2 aromatic carbocycles. The van der Waals surface area contributed by atoms with E-state index in [0.717, 1.165) is 41.3 Å². The van der Waals surface area contributed by atoms with Crippen LogP contribution in [0.1, 0.15) is 23.1 Å². The first kappa shape index (κ1) is 23.9. The molecule has 0 radical (unpaired) electrons. The van der Waals surface area contributed by atoms with E-state index in [4.69, 9.17) is 9.15 Å². The zero-order valence-electron chi connectivity index (χ0n) is 18.2. The molecule has 0 saturated carbocycles. The second-order valence-electron chi connectivity index (χ2n) is 7.50. The van der Waals surface area contributed by atoms with Gasteiger partial charge in [0.1, 0.15) is 40.6 Å². The summed E-state index contributed by atoms with van der Waals surface area (Å²) in [5, 5.41) is 11.1. The third-order valence-corrected chi connectivity index (χ3v) is 5.24. The van der Waals surface area contributed by atoms with Crippen molar-refractivity contribution in [3.05, 3.63) is 83.1 Å². The zero-order valence-corrected chi connectivity index (χ0v) is 18.2. The van der Waals surface area contributed by atoms with Crippen LogP contribution >= 0.6 is 0 Å². The van der Waals surface area contributed by atoms with Crippen LogP contribution < -0.4 is 14.4 Å². The number of aryl methyl sites for hydroxylation is 1. The van der Waals surface area contributed by atoms with Crippen LogP contribution in [0, 0.1) is 12.7 Å². The van der Waals surface area contributed by atoms with Crippen molar-refractivity contribution in [1.29, 1.82) is 0 Å². The molecule has 1 aliphatic rings. The molecule has 182 valence electrons. The Morgan fingerprint density at radius 2 is 1.74 bits per heavy atom. The Morgan fingerprint density at radius 1 is 1.06 bits per heavy atom. The standard InChI is InChI=1S/C24H17F4NO6/c1-12-3-9-18(34-12)20-19(21(30)16-11-13(25)4-10-17(16)33-2)22(31)23(32)29(20)14-5-7-15(8-6-14)35-24(26,27)28/h3-11,20,30H,1-2H3/b21-19+.